The number of ether oxygens (including phenoxy) is 3. The predicted octanol–water partition coefficient (Wildman–Crippen LogP) is 4.79. The molecule has 10 heteroatoms. The molecule has 9 nitrogen and oxygen atoms in total. The number of aliphatic imine (C=N–C) groups is 1. The molecular formula is C28H40ClN5O4. The number of amides is 1. The SMILES string of the molecule is C=NC(C)N(CCNCC1c2ccc(Oc3ccc(Cl)cc3)cc2CCN1C(=O)OC(C)(C)N)C(C)OC. The lowest BCUT2D eigenvalue weighted by Crippen LogP contribution is -2.49. The van der Waals surface area contributed by atoms with Crippen LogP contribution in [-0.4, -0.2) is 74.0 Å². The summed E-state index contributed by atoms with van der Waals surface area (Å²) in [4.78, 5) is 21.1. The summed E-state index contributed by atoms with van der Waals surface area (Å²) in [6.45, 7) is 13.4. The van der Waals surface area contributed by atoms with Gasteiger partial charge >= 0.3 is 6.09 Å². The fraction of sp³-hybridized carbons (Fsp3) is 0.500. The maximum atomic E-state index is 13.1. The second-order valence-corrected chi connectivity index (χ2v) is 10.4. The zero-order valence-corrected chi connectivity index (χ0v) is 23.7. The minimum atomic E-state index is -1.07. The lowest BCUT2D eigenvalue weighted by Gasteiger charge is -2.38. The molecule has 3 unspecified atom stereocenters. The standard InChI is InChI=1S/C28H40ClN5O4/c1-19(31-5)33(20(2)36-6)16-14-32-18-26-25-12-11-24(37-23-9-7-22(29)8-10-23)17-21(25)13-15-34(26)27(35)38-28(3,4)30/h7-12,17,19-20,26,32H,5,13-16,18,30H2,1-4,6H3. The highest BCUT2D eigenvalue weighted by Gasteiger charge is 2.34. The Morgan fingerprint density at radius 2 is 1.95 bits per heavy atom. The second kappa shape index (κ2) is 13.4. The molecule has 3 atom stereocenters. The summed E-state index contributed by atoms with van der Waals surface area (Å²) in [5.74, 6) is 1.43. The topological polar surface area (TPSA) is 102 Å². The molecule has 0 saturated carbocycles. The normalized spacial score (nSPS) is 17.1. The zero-order valence-electron chi connectivity index (χ0n) is 22.9. The molecule has 0 fully saturated rings. The van der Waals surface area contributed by atoms with Gasteiger partial charge in [-0.1, -0.05) is 17.7 Å². The number of benzene rings is 2. The van der Waals surface area contributed by atoms with Crippen LogP contribution in [-0.2, 0) is 15.9 Å². The van der Waals surface area contributed by atoms with E-state index in [1.165, 1.54) is 0 Å². The summed E-state index contributed by atoms with van der Waals surface area (Å²) < 4.78 is 17.1. The first kappa shape index (κ1) is 29.9. The number of nitrogens with one attached hydrogen (secondary N) is 1. The van der Waals surface area contributed by atoms with E-state index in [1.54, 1.807) is 38.0 Å². The average molecular weight is 546 g/mol. The van der Waals surface area contributed by atoms with E-state index in [0.717, 1.165) is 16.9 Å². The lowest BCUT2D eigenvalue weighted by atomic mass is 9.92. The van der Waals surface area contributed by atoms with E-state index < -0.39 is 11.8 Å². The number of carbonyl (C=O) groups is 1. The predicted molar refractivity (Wildman–Crippen MR) is 151 cm³/mol. The number of hydrogen-bond donors (Lipinski definition) is 2. The lowest BCUT2D eigenvalue weighted by molar-refractivity contribution is -0.0368. The van der Waals surface area contributed by atoms with Crippen molar-refractivity contribution in [3.05, 3.63) is 58.6 Å². The molecule has 1 aliphatic heterocycles. The Morgan fingerprint density at radius 1 is 1.26 bits per heavy atom. The second-order valence-electron chi connectivity index (χ2n) is 9.94. The summed E-state index contributed by atoms with van der Waals surface area (Å²) in [7, 11) is 1.67. The summed E-state index contributed by atoms with van der Waals surface area (Å²) >= 11 is 5.99. The van der Waals surface area contributed by atoms with Gasteiger partial charge in [0.15, 0.2) is 5.72 Å². The van der Waals surface area contributed by atoms with Gasteiger partial charge in [-0.25, -0.2) is 4.79 Å². The Bertz CT molecular complexity index is 1080. The Balaban J connectivity index is 1.77. The van der Waals surface area contributed by atoms with Crippen molar-refractivity contribution in [2.75, 3.05) is 33.3 Å². The molecule has 1 heterocycles. The van der Waals surface area contributed by atoms with Gasteiger partial charge in [0.1, 0.15) is 23.9 Å². The van der Waals surface area contributed by atoms with Crippen LogP contribution >= 0.6 is 11.6 Å². The van der Waals surface area contributed by atoms with Crippen molar-refractivity contribution in [2.24, 2.45) is 10.7 Å². The molecule has 3 N–H and O–H groups in total. The average Bonchev–Trinajstić information content (AvgIpc) is 2.88. The molecule has 208 valence electrons. The first-order valence-electron chi connectivity index (χ1n) is 12.8. The molecule has 1 aliphatic rings. The van der Waals surface area contributed by atoms with Crippen LogP contribution in [0.1, 0.15) is 44.9 Å². The first-order valence-corrected chi connectivity index (χ1v) is 13.2. The summed E-state index contributed by atoms with van der Waals surface area (Å²) in [6, 6.07) is 13.0. The quantitative estimate of drug-likeness (QED) is 0.224. The van der Waals surface area contributed by atoms with Gasteiger partial charge < -0.3 is 19.5 Å². The molecule has 0 spiro atoms. The largest absolute Gasteiger partial charge is 0.457 e. The van der Waals surface area contributed by atoms with Gasteiger partial charge in [0.2, 0.25) is 0 Å². The summed E-state index contributed by atoms with van der Waals surface area (Å²) in [6.07, 6.45) is 0.0471. The number of hydrogen-bond acceptors (Lipinski definition) is 8. The van der Waals surface area contributed by atoms with Crippen molar-refractivity contribution in [3.63, 3.8) is 0 Å². The van der Waals surface area contributed by atoms with Crippen molar-refractivity contribution in [1.29, 1.82) is 0 Å². The van der Waals surface area contributed by atoms with Gasteiger partial charge in [0, 0.05) is 38.3 Å². The highest BCUT2D eigenvalue weighted by molar-refractivity contribution is 6.30. The van der Waals surface area contributed by atoms with Gasteiger partial charge in [-0.15, -0.1) is 0 Å². The van der Waals surface area contributed by atoms with Crippen LogP contribution in [0.4, 0.5) is 4.79 Å². The van der Waals surface area contributed by atoms with E-state index in [2.05, 4.69) is 21.9 Å². The molecule has 0 radical (unpaired) electrons. The minimum absolute atomic E-state index is 0.0838. The monoisotopic (exact) mass is 545 g/mol. The van der Waals surface area contributed by atoms with Crippen molar-refractivity contribution in [1.82, 2.24) is 15.1 Å². The van der Waals surface area contributed by atoms with E-state index in [9.17, 15) is 4.79 Å². The molecule has 0 bridgehead atoms. The van der Waals surface area contributed by atoms with E-state index in [-0.39, 0.29) is 18.4 Å². The van der Waals surface area contributed by atoms with Crippen LogP contribution in [0.25, 0.3) is 0 Å². The first-order chi connectivity index (χ1) is 18.0. The van der Waals surface area contributed by atoms with Crippen molar-refractivity contribution in [3.8, 4) is 11.5 Å². The minimum Gasteiger partial charge on any atom is -0.457 e. The van der Waals surface area contributed by atoms with E-state index >= 15 is 0 Å². The van der Waals surface area contributed by atoms with E-state index in [1.807, 2.05) is 44.2 Å². The van der Waals surface area contributed by atoms with Gasteiger partial charge in [0.05, 0.1) is 6.04 Å². The maximum Gasteiger partial charge on any atom is 0.412 e. The summed E-state index contributed by atoms with van der Waals surface area (Å²) in [5.41, 5.74) is 7.08. The van der Waals surface area contributed by atoms with Crippen LogP contribution in [0.5, 0.6) is 11.5 Å². The van der Waals surface area contributed by atoms with E-state index in [0.29, 0.717) is 43.4 Å². The number of halogens is 1. The number of methoxy groups -OCH3 is 1. The third-order valence-electron chi connectivity index (χ3n) is 6.54. The van der Waals surface area contributed by atoms with Crippen molar-refractivity contribution >= 4 is 24.4 Å². The molecule has 3 rings (SSSR count). The molecule has 38 heavy (non-hydrogen) atoms. The molecule has 1 amide bonds. The maximum absolute atomic E-state index is 13.1. The number of nitrogens with zero attached hydrogens (tertiary/aromatic N) is 3. The van der Waals surface area contributed by atoms with Gasteiger partial charge in [-0.2, -0.15) is 0 Å². The number of fused-ring (bicyclic) bond motifs is 1. The highest BCUT2D eigenvalue weighted by atomic mass is 35.5. The molecular weight excluding hydrogens is 506 g/mol. The zero-order chi connectivity index (χ0) is 27.9. The smallest absolute Gasteiger partial charge is 0.412 e. The number of carbonyl (C=O) groups excluding carboxylic acids is 1. The third kappa shape index (κ3) is 8.15. The summed E-state index contributed by atoms with van der Waals surface area (Å²) in [5, 5.41) is 4.16. The molecule has 0 saturated heterocycles. The van der Waals surface area contributed by atoms with E-state index in [4.69, 9.17) is 31.5 Å². The Morgan fingerprint density at radius 3 is 2.58 bits per heavy atom. The molecule has 0 aliphatic carbocycles. The fourth-order valence-electron chi connectivity index (χ4n) is 4.47. The van der Waals surface area contributed by atoms with Crippen LogP contribution < -0.4 is 15.8 Å². The van der Waals surface area contributed by atoms with Gasteiger partial charge in [-0.05, 0) is 88.4 Å². The van der Waals surface area contributed by atoms with Crippen molar-refractivity contribution < 1.29 is 19.0 Å². The third-order valence-corrected chi connectivity index (χ3v) is 6.79. The van der Waals surface area contributed by atoms with Crippen molar-refractivity contribution in [2.45, 2.75) is 58.3 Å². The number of nitrogens with two attached hydrogens (primary N) is 1. The molecule has 2 aromatic rings. The molecule has 2 aromatic carbocycles. The van der Waals surface area contributed by atoms with Gasteiger partial charge in [0.25, 0.3) is 0 Å². The number of rotatable bonds is 12. The Kier molecular flexibility index (Phi) is 10.5. The highest BCUT2D eigenvalue weighted by Crippen LogP contribution is 2.34. The molecule has 0 aromatic heterocycles. The van der Waals surface area contributed by atoms with Crippen LogP contribution in [0, 0.1) is 0 Å². The fourth-order valence-corrected chi connectivity index (χ4v) is 4.60. The Hall–Kier alpha value is -2.69. The van der Waals surface area contributed by atoms with Crippen LogP contribution in [0.3, 0.4) is 0 Å². The van der Waals surface area contributed by atoms with Crippen LogP contribution in [0.15, 0.2) is 47.5 Å². The Labute approximate surface area is 230 Å². The van der Waals surface area contributed by atoms with Crippen LogP contribution in [0.2, 0.25) is 5.02 Å². The van der Waals surface area contributed by atoms with Gasteiger partial charge in [-0.3, -0.25) is 20.5 Å².